The number of rotatable bonds is 13. The molecule has 3 aromatic carbocycles. The molecule has 8 heteroatoms. The number of benzene rings is 3. The Morgan fingerprint density at radius 1 is 0.698 bits per heavy atom. The van der Waals surface area contributed by atoms with E-state index in [1.165, 1.54) is 22.4 Å². The van der Waals surface area contributed by atoms with E-state index in [4.69, 9.17) is 28.4 Å². The van der Waals surface area contributed by atoms with Crippen LogP contribution >= 0.6 is 0 Å². The predicted octanol–water partition coefficient (Wildman–Crippen LogP) is 5.82. The van der Waals surface area contributed by atoms with Gasteiger partial charge in [0.25, 0.3) is 0 Å². The summed E-state index contributed by atoms with van der Waals surface area (Å²) in [5.41, 5.74) is 4.93. The largest absolute Gasteiger partial charge is 0.493 e. The SMILES string of the molecule is CCOc1ccccc1N1CCN(CCC2c3cc(OC)c(OC)cc3C(c3ccc(OC)c(OC)c3)C2COC)CC1. The highest BCUT2D eigenvalue weighted by atomic mass is 16.5. The molecule has 3 aromatic rings. The van der Waals surface area contributed by atoms with E-state index in [0.29, 0.717) is 19.1 Å². The number of piperazine rings is 1. The summed E-state index contributed by atoms with van der Waals surface area (Å²) in [6, 6.07) is 19.0. The highest BCUT2D eigenvalue weighted by Crippen LogP contribution is 2.54. The summed E-state index contributed by atoms with van der Waals surface area (Å²) < 4.78 is 34.6. The fraction of sp³-hybridized carbons (Fsp3) is 0.486. The van der Waals surface area contributed by atoms with Crippen LogP contribution in [0.25, 0.3) is 0 Å². The number of para-hydroxylation sites is 2. The molecule has 0 saturated carbocycles. The van der Waals surface area contributed by atoms with Crippen molar-refractivity contribution < 1.29 is 28.4 Å². The van der Waals surface area contributed by atoms with Crippen molar-refractivity contribution in [2.75, 3.05) is 86.4 Å². The first-order valence-corrected chi connectivity index (χ1v) is 15.2. The fourth-order valence-electron chi connectivity index (χ4n) is 6.97. The maximum Gasteiger partial charge on any atom is 0.161 e. The van der Waals surface area contributed by atoms with E-state index in [1.54, 1.807) is 35.5 Å². The third-order valence-electron chi connectivity index (χ3n) is 9.03. The number of hydrogen-bond donors (Lipinski definition) is 0. The van der Waals surface area contributed by atoms with Gasteiger partial charge in [-0.1, -0.05) is 18.2 Å². The van der Waals surface area contributed by atoms with Crippen molar-refractivity contribution in [2.45, 2.75) is 25.2 Å². The van der Waals surface area contributed by atoms with E-state index in [2.05, 4.69) is 52.3 Å². The number of nitrogens with zero attached hydrogens (tertiary/aromatic N) is 2. The lowest BCUT2D eigenvalue weighted by molar-refractivity contribution is 0.130. The van der Waals surface area contributed by atoms with Gasteiger partial charge >= 0.3 is 0 Å². The van der Waals surface area contributed by atoms with Crippen LogP contribution in [0.15, 0.2) is 54.6 Å². The molecule has 0 N–H and O–H groups in total. The predicted molar refractivity (Wildman–Crippen MR) is 170 cm³/mol. The van der Waals surface area contributed by atoms with Crippen molar-refractivity contribution in [1.29, 1.82) is 0 Å². The molecular formula is C35H46N2O6. The Bertz CT molecular complexity index is 1360. The van der Waals surface area contributed by atoms with E-state index in [-0.39, 0.29) is 11.8 Å². The van der Waals surface area contributed by atoms with Crippen molar-refractivity contribution in [1.82, 2.24) is 4.90 Å². The molecule has 1 aliphatic carbocycles. The molecule has 0 aromatic heterocycles. The molecule has 8 nitrogen and oxygen atoms in total. The maximum absolute atomic E-state index is 5.91. The summed E-state index contributed by atoms with van der Waals surface area (Å²) in [5.74, 6) is 4.58. The first-order valence-electron chi connectivity index (χ1n) is 15.2. The van der Waals surface area contributed by atoms with Crippen molar-refractivity contribution in [3.05, 3.63) is 71.3 Å². The summed E-state index contributed by atoms with van der Waals surface area (Å²) in [7, 11) is 8.55. The second-order valence-electron chi connectivity index (χ2n) is 11.2. The fourth-order valence-corrected chi connectivity index (χ4v) is 6.97. The van der Waals surface area contributed by atoms with Gasteiger partial charge < -0.3 is 33.3 Å². The Hall–Kier alpha value is -3.62. The number of ether oxygens (including phenoxy) is 6. The molecule has 0 amide bonds. The molecule has 3 atom stereocenters. The molecule has 0 bridgehead atoms. The lowest BCUT2D eigenvalue weighted by Gasteiger charge is -2.37. The molecule has 0 spiro atoms. The van der Waals surface area contributed by atoms with Gasteiger partial charge in [0.05, 0.1) is 47.3 Å². The monoisotopic (exact) mass is 590 g/mol. The molecule has 1 heterocycles. The molecule has 1 aliphatic heterocycles. The highest BCUT2D eigenvalue weighted by molar-refractivity contribution is 5.59. The first kappa shape index (κ1) is 30.8. The Morgan fingerprint density at radius 2 is 1.35 bits per heavy atom. The molecule has 1 saturated heterocycles. The lowest BCUT2D eigenvalue weighted by Crippen LogP contribution is -2.47. The average Bonchev–Trinajstić information content (AvgIpc) is 3.35. The zero-order chi connectivity index (χ0) is 30.3. The van der Waals surface area contributed by atoms with Gasteiger partial charge in [0, 0.05) is 45.1 Å². The molecule has 2 aliphatic rings. The van der Waals surface area contributed by atoms with E-state index >= 15 is 0 Å². The Kier molecular flexibility index (Phi) is 10.2. The van der Waals surface area contributed by atoms with E-state index in [1.807, 2.05) is 19.1 Å². The van der Waals surface area contributed by atoms with Crippen molar-refractivity contribution in [2.24, 2.45) is 5.92 Å². The molecule has 3 unspecified atom stereocenters. The van der Waals surface area contributed by atoms with Crippen LogP contribution in [0.1, 0.15) is 41.9 Å². The van der Waals surface area contributed by atoms with Crippen molar-refractivity contribution in [3.63, 3.8) is 0 Å². The second-order valence-corrected chi connectivity index (χ2v) is 11.2. The van der Waals surface area contributed by atoms with Crippen molar-refractivity contribution >= 4 is 5.69 Å². The molecular weight excluding hydrogens is 544 g/mol. The minimum Gasteiger partial charge on any atom is -0.493 e. The van der Waals surface area contributed by atoms with Gasteiger partial charge in [0.2, 0.25) is 0 Å². The maximum atomic E-state index is 5.91. The molecule has 1 fully saturated rings. The van der Waals surface area contributed by atoms with Gasteiger partial charge in [-0.2, -0.15) is 0 Å². The lowest BCUT2D eigenvalue weighted by atomic mass is 9.81. The minimum atomic E-state index is 0.117. The Labute approximate surface area is 256 Å². The van der Waals surface area contributed by atoms with Gasteiger partial charge in [-0.25, -0.2) is 0 Å². The molecule has 232 valence electrons. The second kappa shape index (κ2) is 14.2. The van der Waals surface area contributed by atoms with Gasteiger partial charge in [-0.15, -0.1) is 0 Å². The topological polar surface area (TPSA) is 61.9 Å². The van der Waals surface area contributed by atoms with Crippen molar-refractivity contribution in [3.8, 4) is 28.7 Å². The van der Waals surface area contributed by atoms with Crippen LogP contribution in [0.3, 0.4) is 0 Å². The summed E-state index contributed by atoms with van der Waals surface area (Å²) in [4.78, 5) is 5.04. The minimum absolute atomic E-state index is 0.117. The zero-order valence-electron chi connectivity index (χ0n) is 26.4. The number of fused-ring (bicyclic) bond motifs is 1. The Balaban J connectivity index is 1.39. The third-order valence-corrected chi connectivity index (χ3v) is 9.03. The highest BCUT2D eigenvalue weighted by Gasteiger charge is 2.42. The Morgan fingerprint density at radius 3 is 2.00 bits per heavy atom. The van der Waals surface area contributed by atoms with Crippen LogP contribution in [0, 0.1) is 5.92 Å². The van der Waals surface area contributed by atoms with Crippen LogP contribution in [-0.2, 0) is 4.74 Å². The number of methoxy groups -OCH3 is 5. The number of anilines is 1. The van der Waals surface area contributed by atoms with Crippen LogP contribution < -0.4 is 28.6 Å². The van der Waals surface area contributed by atoms with Crippen LogP contribution in [0.5, 0.6) is 28.7 Å². The third kappa shape index (κ3) is 6.36. The summed E-state index contributed by atoms with van der Waals surface area (Å²) >= 11 is 0. The number of hydrogen-bond acceptors (Lipinski definition) is 8. The quantitative estimate of drug-likeness (QED) is 0.247. The van der Waals surface area contributed by atoms with Crippen LogP contribution in [0.4, 0.5) is 5.69 Å². The summed E-state index contributed by atoms with van der Waals surface area (Å²) in [6.07, 6.45) is 1.02. The first-order chi connectivity index (χ1) is 21.1. The smallest absolute Gasteiger partial charge is 0.161 e. The van der Waals surface area contributed by atoms with Crippen LogP contribution in [-0.4, -0.2) is 86.4 Å². The van der Waals surface area contributed by atoms with Gasteiger partial charge in [0.1, 0.15) is 5.75 Å². The summed E-state index contributed by atoms with van der Waals surface area (Å²) in [6.45, 7) is 8.35. The molecule has 5 rings (SSSR count). The normalized spacial score (nSPS) is 20.0. The van der Waals surface area contributed by atoms with E-state index < -0.39 is 0 Å². The van der Waals surface area contributed by atoms with Gasteiger partial charge in [0.15, 0.2) is 23.0 Å². The standard InChI is InChI=1S/C35H46N2O6/c1-7-43-30-11-9-8-10-29(30)37-18-16-36(17-19-37)15-14-25-26-21-33(41-5)34(42-6)22-27(26)35(28(25)23-38-2)24-12-13-31(39-3)32(20-24)40-4/h8-13,20-22,25,28,35H,7,14-19,23H2,1-6H3. The zero-order valence-corrected chi connectivity index (χ0v) is 26.4. The molecule has 43 heavy (non-hydrogen) atoms. The van der Waals surface area contributed by atoms with E-state index in [0.717, 1.165) is 67.9 Å². The van der Waals surface area contributed by atoms with Crippen LogP contribution in [0.2, 0.25) is 0 Å². The summed E-state index contributed by atoms with van der Waals surface area (Å²) in [5, 5.41) is 0. The van der Waals surface area contributed by atoms with E-state index in [9.17, 15) is 0 Å². The molecule has 0 radical (unpaired) electrons. The van der Waals surface area contributed by atoms with Gasteiger partial charge in [-0.3, -0.25) is 4.90 Å². The average molecular weight is 591 g/mol. The van der Waals surface area contributed by atoms with Gasteiger partial charge in [-0.05, 0) is 78.9 Å².